The van der Waals surface area contributed by atoms with Crippen molar-refractivity contribution < 1.29 is 9.53 Å². The first-order chi connectivity index (χ1) is 12.4. The Bertz CT molecular complexity index is 759. The number of hydrogen-bond donors (Lipinski definition) is 2. The molecule has 2 aromatic rings. The van der Waals surface area contributed by atoms with Crippen LogP contribution in [0.5, 0.6) is 0 Å². The molecular formula is C21H25ClN2O2. The SMILES string of the molecule is CCOC(=O)C(C)NC(Cc1ccc(-c2cccc(Cl)c2)cc1)C(C)=N. The predicted octanol–water partition coefficient (Wildman–Crippen LogP) is 4.50. The summed E-state index contributed by atoms with van der Waals surface area (Å²) in [7, 11) is 0. The molecule has 0 bridgehead atoms. The van der Waals surface area contributed by atoms with Crippen LogP contribution in [-0.2, 0) is 16.0 Å². The smallest absolute Gasteiger partial charge is 0.322 e. The van der Waals surface area contributed by atoms with E-state index in [-0.39, 0.29) is 12.0 Å². The zero-order chi connectivity index (χ0) is 19.1. The summed E-state index contributed by atoms with van der Waals surface area (Å²) < 4.78 is 5.03. The lowest BCUT2D eigenvalue weighted by molar-refractivity contribution is -0.145. The van der Waals surface area contributed by atoms with Crippen molar-refractivity contribution >= 4 is 23.3 Å². The number of halogens is 1. The van der Waals surface area contributed by atoms with Gasteiger partial charge in [0.1, 0.15) is 6.04 Å². The first kappa shape index (κ1) is 20.1. The molecule has 5 heteroatoms. The molecule has 0 radical (unpaired) electrons. The van der Waals surface area contributed by atoms with Crippen molar-refractivity contribution in [3.05, 3.63) is 59.1 Å². The fourth-order valence-corrected chi connectivity index (χ4v) is 2.90. The third-order valence-corrected chi connectivity index (χ3v) is 4.40. The molecule has 4 nitrogen and oxygen atoms in total. The Kier molecular flexibility index (Phi) is 7.37. The summed E-state index contributed by atoms with van der Waals surface area (Å²) in [6.45, 7) is 5.64. The molecule has 2 aromatic carbocycles. The number of ether oxygens (including phenoxy) is 1. The number of nitrogens with one attached hydrogen (secondary N) is 2. The molecule has 138 valence electrons. The minimum Gasteiger partial charge on any atom is -0.465 e. The molecule has 0 aliphatic carbocycles. The second-order valence-corrected chi connectivity index (χ2v) is 6.72. The summed E-state index contributed by atoms with van der Waals surface area (Å²) in [6.07, 6.45) is 0.634. The van der Waals surface area contributed by atoms with Gasteiger partial charge in [0.2, 0.25) is 0 Å². The summed E-state index contributed by atoms with van der Waals surface area (Å²) in [5, 5.41) is 11.9. The normalized spacial score (nSPS) is 13.1. The van der Waals surface area contributed by atoms with E-state index < -0.39 is 6.04 Å². The van der Waals surface area contributed by atoms with Crippen LogP contribution < -0.4 is 5.32 Å². The Morgan fingerprint density at radius 2 is 1.88 bits per heavy atom. The topological polar surface area (TPSA) is 62.2 Å². The van der Waals surface area contributed by atoms with Gasteiger partial charge in [-0.1, -0.05) is 48.0 Å². The number of benzene rings is 2. The minimum absolute atomic E-state index is 0.216. The minimum atomic E-state index is -0.453. The van der Waals surface area contributed by atoms with Crippen LogP contribution in [0.15, 0.2) is 48.5 Å². The average molecular weight is 373 g/mol. The number of carbonyl (C=O) groups is 1. The highest BCUT2D eigenvalue weighted by Gasteiger charge is 2.20. The summed E-state index contributed by atoms with van der Waals surface area (Å²) in [6, 6.07) is 15.3. The average Bonchev–Trinajstić information content (AvgIpc) is 2.61. The van der Waals surface area contributed by atoms with Gasteiger partial charge in [-0.05, 0) is 56.0 Å². The van der Waals surface area contributed by atoms with E-state index in [1.54, 1.807) is 20.8 Å². The van der Waals surface area contributed by atoms with Crippen LogP contribution >= 0.6 is 11.6 Å². The molecular weight excluding hydrogens is 348 g/mol. The highest BCUT2D eigenvalue weighted by Crippen LogP contribution is 2.23. The molecule has 0 aliphatic rings. The maximum Gasteiger partial charge on any atom is 0.322 e. The molecule has 0 aromatic heterocycles. The van der Waals surface area contributed by atoms with E-state index in [1.807, 2.05) is 48.5 Å². The largest absolute Gasteiger partial charge is 0.465 e. The lowest BCUT2D eigenvalue weighted by Gasteiger charge is -2.22. The number of carbonyl (C=O) groups excluding carboxylic acids is 1. The maximum absolute atomic E-state index is 11.8. The Hall–Kier alpha value is -2.17. The van der Waals surface area contributed by atoms with E-state index in [2.05, 4.69) is 5.32 Å². The van der Waals surface area contributed by atoms with Crippen LogP contribution in [0.3, 0.4) is 0 Å². The molecule has 0 heterocycles. The Morgan fingerprint density at radius 1 is 1.19 bits per heavy atom. The van der Waals surface area contributed by atoms with E-state index in [0.717, 1.165) is 16.7 Å². The molecule has 0 fully saturated rings. The van der Waals surface area contributed by atoms with Crippen molar-refractivity contribution in [2.75, 3.05) is 6.61 Å². The van der Waals surface area contributed by atoms with Crippen LogP contribution in [0.2, 0.25) is 5.02 Å². The quantitative estimate of drug-likeness (QED) is 0.529. The van der Waals surface area contributed by atoms with Gasteiger partial charge in [0, 0.05) is 16.8 Å². The maximum atomic E-state index is 11.8. The van der Waals surface area contributed by atoms with Crippen molar-refractivity contribution in [3.63, 3.8) is 0 Å². The summed E-state index contributed by atoms with van der Waals surface area (Å²) >= 11 is 6.06. The first-order valence-electron chi connectivity index (χ1n) is 8.73. The Balaban J connectivity index is 2.07. The lowest BCUT2D eigenvalue weighted by Crippen LogP contribution is -2.46. The molecule has 0 saturated carbocycles. The molecule has 0 spiro atoms. The molecule has 0 saturated heterocycles. The van der Waals surface area contributed by atoms with Gasteiger partial charge in [-0.3, -0.25) is 10.1 Å². The molecule has 2 unspecified atom stereocenters. The van der Waals surface area contributed by atoms with Crippen molar-refractivity contribution in [1.29, 1.82) is 5.41 Å². The third-order valence-electron chi connectivity index (χ3n) is 4.17. The highest BCUT2D eigenvalue weighted by atomic mass is 35.5. The van der Waals surface area contributed by atoms with Gasteiger partial charge in [-0.25, -0.2) is 0 Å². The molecule has 2 N–H and O–H groups in total. The van der Waals surface area contributed by atoms with Gasteiger partial charge < -0.3 is 10.1 Å². The van der Waals surface area contributed by atoms with Crippen molar-refractivity contribution in [2.24, 2.45) is 0 Å². The monoisotopic (exact) mass is 372 g/mol. The van der Waals surface area contributed by atoms with Gasteiger partial charge in [-0.2, -0.15) is 0 Å². The zero-order valence-electron chi connectivity index (χ0n) is 15.4. The summed E-state index contributed by atoms with van der Waals surface area (Å²) in [5.74, 6) is -0.296. The summed E-state index contributed by atoms with van der Waals surface area (Å²) in [5.41, 5.74) is 3.74. The van der Waals surface area contributed by atoms with Crippen LogP contribution in [0.25, 0.3) is 11.1 Å². The standard InChI is InChI=1S/C21H25ClN2O2/c1-4-26-21(25)15(3)24-20(14(2)23)12-16-8-10-17(11-9-16)18-6-5-7-19(22)13-18/h5-11,13,15,20,23-24H,4,12H2,1-3H3. The lowest BCUT2D eigenvalue weighted by atomic mass is 9.98. The molecule has 0 aliphatic heterocycles. The van der Waals surface area contributed by atoms with Gasteiger partial charge in [0.05, 0.1) is 6.61 Å². The van der Waals surface area contributed by atoms with E-state index in [0.29, 0.717) is 23.8 Å². The van der Waals surface area contributed by atoms with E-state index in [4.69, 9.17) is 21.7 Å². The van der Waals surface area contributed by atoms with Crippen LogP contribution in [-0.4, -0.2) is 30.4 Å². The molecule has 2 rings (SSSR count). The Morgan fingerprint density at radius 3 is 2.46 bits per heavy atom. The van der Waals surface area contributed by atoms with Gasteiger partial charge in [-0.15, -0.1) is 0 Å². The zero-order valence-corrected chi connectivity index (χ0v) is 16.1. The van der Waals surface area contributed by atoms with E-state index in [1.165, 1.54) is 0 Å². The second kappa shape index (κ2) is 9.51. The molecule has 0 amide bonds. The van der Waals surface area contributed by atoms with Crippen molar-refractivity contribution in [1.82, 2.24) is 5.32 Å². The highest BCUT2D eigenvalue weighted by molar-refractivity contribution is 6.30. The number of esters is 1. The number of rotatable bonds is 8. The first-order valence-corrected chi connectivity index (χ1v) is 9.11. The third kappa shape index (κ3) is 5.68. The van der Waals surface area contributed by atoms with Crippen LogP contribution in [0.1, 0.15) is 26.3 Å². The van der Waals surface area contributed by atoms with Crippen molar-refractivity contribution in [2.45, 2.75) is 39.3 Å². The molecule has 26 heavy (non-hydrogen) atoms. The van der Waals surface area contributed by atoms with Gasteiger partial charge in [0.15, 0.2) is 0 Å². The number of hydrogen-bond acceptors (Lipinski definition) is 4. The molecule has 2 atom stereocenters. The van der Waals surface area contributed by atoms with Crippen molar-refractivity contribution in [3.8, 4) is 11.1 Å². The van der Waals surface area contributed by atoms with Gasteiger partial charge in [0.25, 0.3) is 0 Å². The van der Waals surface area contributed by atoms with Gasteiger partial charge >= 0.3 is 5.97 Å². The van der Waals surface area contributed by atoms with Crippen LogP contribution in [0.4, 0.5) is 0 Å². The Labute approximate surface area is 160 Å². The predicted molar refractivity (Wildman–Crippen MR) is 107 cm³/mol. The van der Waals surface area contributed by atoms with Crippen LogP contribution in [0, 0.1) is 5.41 Å². The fraction of sp³-hybridized carbons (Fsp3) is 0.333. The van der Waals surface area contributed by atoms with E-state index >= 15 is 0 Å². The summed E-state index contributed by atoms with van der Waals surface area (Å²) in [4.78, 5) is 11.8. The van der Waals surface area contributed by atoms with E-state index in [9.17, 15) is 4.79 Å². The fourth-order valence-electron chi connectivity index (χ4n) is 2.71. The second-order valence-electron chi connectivity index (χ2n) is 6.29.